The molecule has 29 heavy (non-hydrogen) atoms. The van der Waals surface area contributed by atoms with Crippen LogP contribution in [-0.4, -0.2) is 28.8 Å². The highest BCUT2D eigenvalue weighted by Crippen LogP contribution is 2.27. The molecule has 1 N–H and O–H groups in total. The highest BCUT2D eigenvalue weighted by Gasteiger charge is 2.19. The fraction of sp³-hybridized carbons (Fsp3) is 0.333. The Kier molecular flexibility index (Phi) is 5.83. The van der Waals surface area contributed by atoms with Crippen molar-refractivity contribution in [2.45, 2.75) is 40.2 Å². The van der Waals surface area contributed by atoms with Crippen LogP contribution >= 0.6 is 11.3 Å². The Morgan fingerprint density at radius 3 is 2.66 bits per heavy atom. The second kappa shape index (κ2) is 8.16. The van der Waals surface area contributed by atoms with Gasteiger partial charge < -0.3 is 14.5 Å². The summed E-state index contributed by atoms with van der Waals surface area (Å²) in [6.45, 7) is 6.93. The van der Waals surface area contributed by atoms with Gasteiger partial charge >= 0.3 is 5.97 Å². The second-order valence-corrected chi connectivity index (χ2v) is 8.01. The largest absolute Gasteiger partial charge is 0.496 e. The summed E-state index contributed by atoms with van der Waals surface area (Å²) >= 11 is 1.44. The molecular formula is C21H22N2O5S. The number of aryl methyl sites for hydroxylation is 2. The van der Waals surface area contributed by atoms with Crippen LogP contribution in [0, 0.1) is 13.8 Å². The van der Waals surface area contributed by atoms with E-state index in [0.29, 0.717) is 32.9 Å². The SMILES string of the molecule is COc1ccc(C(C)=O)cc1CC(=O)O[C@@H](C)c1nc2sc(C)c(C)c2c(=O)[nH]1. The second-order valence-electron chi connectivity index (χ2n) is 6.81. The summed E-state index contributed by atoms with van der Waals surface area (Å²) in [6.07, 6.45) is -0.803. The minimum Gasteiger partial charge on any atom is -0.496 e. The molecule has 2 aromatic heterocycles. The predicted molar refractivity (Wildman–Crippen MR) is 111 cm³/mol. The molecule has 3 rings (SSSR count). The molecule has 0 amide bonds. The number of aromatic nitrogens is 2. The molecule has 152 valence electrons. The molecule has 0 spiro atoms. The number of esters is 1. The van der Waals surface area contributed by atoms with Gasteiger partial charge in [-0.15, -0.1) is 11.3 Å². The first-order chi connectivity index (χ1) is 13.7. The van der Waals surface area contributed by atoms with Crippen molar-refractivity contribution in [2.75, 3.05) is 7.11 Å². The van der Waals surface area contributed by atoms with E-state index in [1.807, 2.05) is 13.8 Å². The lowest BCUT2D eigenvalue weighted by Crippen LogP contribution is -2.18. The zero-order valence-corrected chi connectivity index (χ0v) is 17.7. The number of benzene rings is 1. The molecule has 8 heteroatoms. The Morgan fingerprint density at radius 1 is 1.28 bits per heavy atom. The Labute approximate surface area is 171 Å². The Morgan fingerprint density at radius 2 is 2.00 bits per heavy atom. The normalized spacial score (nSPS) is 12.0. The number of nitrogens with one attached hydrogen (secondary N) is 1. The first-order valence-corrected chi connectivity index (χ1v) is 9.90. The van der Waals surface area contributed by atoms with Gasteiger partial charge in [-0.2, -0.15) is 0 Å². The van der Waals surface area contributed by atoms with Crippen LogP contribution in [0.2, 0.25) is 0 Å². The summed E-state index contributed by atoms with van der Waals surface area (Å²) in [7, 11) is 1.50. The lowest BCUT2D eigenvalue weighted by Gasteiger charge is -2.14. The molecule has 0 bridgehead atoms. The molecule has 1 atom stereocenters. The number of carbonyl (C=O) groups excluding carboxylic acids is 2. The van der Waals surface area contributed by atoms with E-state index in [-0.39, 0.29) is 17.8 Å². The van der Waals surface area contributed by atoms with Crippen molar-refractivity contribution in [3.8, 4) is 5.75 Å². The molecule has 0 saturated carbocycles. The maximum atomic E-state index is 12.5. The highest BCUT2D eigenvalue weighted by atomic mass is 32.1. The topological polar surface area (TPSA) is 98.3 Å². The molecule has 0 radical (unpaired) electrons. The van der Waals surface area contributed by atoms with Gasteiger partial charge in [-0.3, -0.25) is 14.4 Å². The van der Waals surface area contributed by atoms with Crippen molar-refractivity contribution in [3.63, 3.8) is 0 Å². The fourth-order valence-electron chi connectivity index (χ4n) is 3.05. The average Bonchev–Trinajstić information content (AvgIpc) is 2.95. The van der Waals surface area contributed by atoms with Gasteiger partial charge in [-0.1, -0.05) is 0 Å². The average molecular weight is 414 g/mol. The zero-order chi connectivity index (χ0) is 21.3. The van der Waals surface area contributed by atoms with Gasteiger partial charge in [0.25, 0.3) is 5.56 Å². The molecule has 7 nitrogen and oxygen atoms in total. The third kappa shape index (κ3) is 4.22. The van der Waals surface area contributed by atoms with Gasteiger partial charge in [0.2, 0.25) is 0 Å². The molecular weight excluding hydrogens is 392 g/mol. The Balaban J connectivity index is 1.81. The summed E-state index contributed by atoms with van der Waals surface area (Å²) in [4.78, 5) is 45.3. The van der Waals surface area contributed by atoms with E-state index in [1.165, 1.54) is 25.4 Å². The maximum Gasteiger partial charge on any atom is 0.311 e. The number of thiophene rings is 1. The van der Waals surface area contributed by atoms with Crippen molar-refractivity contribution < 1.29 is 19.1 Å². The quantitative estimate of drug-likeness (QED) is 0.488. The van der Waals surface area contributed by atoms with Crippen LogP contribution in [0.15, 0.2) is 23.0 Å². The molecule has 0 aliphatic carbocycles. The van der Waals surface area contributed by atoms with Gasteiger partial charge in [0.1, 0.15) is 10.6 Å². The van der Waals surface area contributed by atoms with Crippen LogP contribution in [0.4, 0.5) is 0 Å². The number of aromatic amines is 1. The van der Waals surface area contributed by atoms with Crippen LogP contribution in [0.5, 0.6) is 5.75 Å². The van der Waals surface area contributed by atoms with Crippen molar-refractivity contribution in [3.05, 3.63) is 55.9 Å². The molecule has 2 heterocycles. The minimum atomic E-state index is -0.732. The Bertz CT molecular complexity index is 1160. The van der Waals surface area contributed by atoms with Gasteiger partial charge in [0, 0.05) is 16.0 Å². The maximum absolute atomic E-state index is 12.5. The van der Waals surface area contributed by atoms with Gasteiger partial charge in [0.15, 0.2) is 17.7 Å². The molecule has 0 unspecified atom stereocenters. The first-order valence-electron chi connectivity index (χ1n) is 9.08. The van der Waals surface area contributed by atoms with Crippen molar-refractivity contribution in [1.82, 2.24) is 9.97 Å². The lowest BCUT2D eigenvalue weighted by atomic mass is 10.0. The monoisotopic (exact) mass is 414 g/mol. The fourth-order valence-corrected chi connectivity index (χ4v) is 4.09. The molecule has 1 aromatic carbocycles. The van der Waals surface area contributed by atoms with E-state index < -0.39 is 12.1 Å². The smallest absolute Gasteiger partial charge is 0.311 e. The van der Waals surface area contributed by atoms with Crippen molar-refractivity contribution >= 4 is 33.3 Å². The van der Waals surface area contributed by atoms with Crippen LogP contribution in [0.3, 0.4) is 0 Å². The number of hydrogen-bond acceptors (Lipinski definition) is 7. The van der Waals surface area contributed by atoms with E-state index in [4.69, 9.17) is 9.47 Å². The summed E-state index contributed by atoms with van der Waals surface area (Å²) in [5.74, 6) is 0.170. The Hall–Kier alpha value is -3.00. The number of ketones is 1. The van der Waals surface area contributed by atoms with Gasteiger partial charge in [-0.25, -0.2) is 4.98 Å². The molecule has 0 aliphatic heterocycles. The van der Waals surface area contributed by atoms with Crippen LogP contribution in [-0.2, 0) is 16.0 Å². The van der Waals surface area contributed by atoms with E-state index in [1.54, 1.807) is 25.1 Å². The van der Waals surface area contributed by atoms with E-state index in [9.17, 15) is 14.4 Å². The third-order valence-electron chi connectivity index (χ3n) is 4.77. The summed E-state index contributed by atoms with van der Waals surface area (Å²) in [6, 6.07) is 4.92. The predicted octanol–water partition coefficient (Wildman–Crippen LogP) is 3.66. The lowest BCUT2D eigenvalue weighted by molar-refractivity contribution is -0.148. The first kappa shape index (κ1) is 20.7. The summed E-state index contributed by atoms with van der Waals surface area (Å²) in [5, 5.41) is 0.570. The number of Topliss-reactive ketones (excluding diaryl/α,β-unsaturated/α-hetero) is 1. The van der Waals surface area contributed by atoms with E-state index >= 15 is 0 Å². The minimum absolute atomic E-state index is 0.0711. The number of fused-ring (bicyclic) bond motifs is 1. The zero-order valence-electron chi connectivity index (χ0n) is 16.9. The highest BCUT2D eigenvalue weighted by molar-refractivity contribution is 7.18. The van der Waals surface area contributed by atoms with Crippen molar-refractivity contribution in [1.29, 1.82) is 0 Å². The van der Waals surface area contributed by atoms with Crippen LogP contribution in [0.1, 0.15) is 52.1 Å². The van der Waals surface area contributed by atoms with Gasteiger partial charge in [0.05, 0.1) is 18.9 Å². The molecule has 0 fully saturated rings. The van der Waals surface area contributed by atoms with Crippen LogP contribution < -0.4 is 10.3 Å². The number of hydrogen-bond donors (Lipinski definition) is 1. The number of carbonyl (C=O) groups is 2. The number of ether oxygens (including phenoxy) is 2. The molecule has 3 aromatic rings. The number of nitrogens with zero attached hydrogens (tertiary/aromatic N) is 1. The number of H-pyrrole nitrogens is 1. The molecule has 0 saturated heterocycles. The van der Waals surface area contributed by atoms with Crippen LogP contribution in [0.25, 0.3) is 10.2 Å². The van der Waals surface area contributed by atoms with E-state index in [2.05, 4.69) is 9.97 Å². The standard InChI is InChI=1S/C21H22N2O5S/c1-10-13(4)29-21-18(10)20(26)22-19(23-21)12(3)28-17(25)9-15-8-14(11(2)24)6-7-16(15)27-5/h6-8,12H,9H2,1-5H3,(H,22,23,26)/t12-/m0/s1. The number of rotatable bonds is 6. The number of methoxy groups -OCH3 is 1. The van der Waals surface area contributed by atoms with Gasteiger partial charge in [-0.05, 0) is 51.5 Å². The summed E-state index contributed by atoms with van der Waals surface area (Å²) in [5.41, 5.74) is 1.71. The summed E-state index contributed by atoms with van der Waals surface area (Å²) < 4.78 is 10.7. The van der Waals surface area contributed by atoms with Crippen molar-refractivity contribution in [2.24, 2.45) is 0 Å². The molecule has 0 aliphatic rings. The van der Waals surface area contributed by atoms with E-state index in [0.717, 1.165) is 10.4 Å². The third-order valence-corrected chi connectivity index (χ3v) is 5.87.